The molecule has 0 aliphatic carbocycles. The van der Waals surface area contributed by atoms with Gasteiger partial charge in [0.1, 0.15) is 11.6 Å². The highest BCUT2D eigenvalue weighted by atomic mass is 79.9. The number of rotatable bonds is 3. The lowest BCUT2D eigenvalue weighted by atomic mass is 10.3. The van der Waals surface area contributed by atoms with Crippen LogP contribution in [0.1, 0.15) is 10.4 Å². The minimum atomic E-state index is -0.410. The quantitative estimate of drug-likeness (QED) is 0.813. The first-order valence-electron chi connectivity index (χ1n) is 4.73. The van der Waals surface area contributed by atoms with Crippen LogP contribution in [0.3, 0.4) is 0 Å². The Bertz CT molecular complexity index is 543. The fourth-order valence-corrected chi connectivity index (χ4v) is 1.43. The Morgan fingerprint density at radius 1 is 1.29 bits per heavy atom. The first kappa shape index (κ1) is 11.7. The molecule has 5 heteroatoms. The predicted molar refractivity (Wildman–Crippen MR) is 63.8 cm³/mol. The van der Waals surface area contributed by atoms with Crippen molar-refractivity contribution in [3.63, 3.8) is 0 Å². The molecule has 1 aromatic carbocycles. The second kappa shape index (κ2) is 5.05. The summed E-state index contributed by atoms with van der Waals surface area (Å²) in [7, 11) is 0. The SMILES string of the molecule is O=Cc1ccc(Oc2ccc(Br)c(F)c2)nc1. The molecule has 0 unspecified atom stereocenters. The summed E-state index contributed by atoms with van der Waals surface area (Å²) in [6.45, 7) is 0. The largest absolute Gasteiger partial charge is 0.439 e. The number of aromatic nitrogens is 1. The van der Waals surface area contributed by atoms with Gasteiger partial charge in [0.2, 0.25) is 5.88 Å². The molecule has 1 aromatic heterocycles. The summed E-state index contributed by atoms with van der Waals surface area (Å²) >= 11 is 3.05. The summed E-state index contributed by atoms with van der Waals surface area (Å²) in [5.74, 6) is 0.237. The Hall–Kier alpha value is -1.75. The first-order chi connectivity index (χ1) is 8.19. The van der Waals surface area contributed by atoms with Crippen molar-refractivity contribution in [2.75, 3.05) is 0 Å². The normalized spacial score (nSPS) is 10.0. The maximum Gasteiger partial charge on any atom is 0.219 e. The van der Waals surface area contributed by atoms with Crippen LogP contribution >= 0.6 is 15.9 Å². The van der Waals surface area contributed by atoms with E-state index >= 15 is 0 Å². The molecule has 0 amide bonds. The third kappa shape index (κ3) is 2.88. The molecule has 0 aliphatic heterocycles. The van der Waals surface area contributed by atoms with Crippen molar-refractivity contribution in [1.82, 2.24) is 4.98 Å². The van der Waals surface area contributed by atoms with Crippen LogP contribution in [0.15, 0.2) is 41.0 Å². The number of carbonyl (C=O) groups excluding carboxylic acids is 1. The molecule has 0 spiro atoms. The van der Waals surface area contributed by atoms with Gasteiger partial charge in [-0.25, -0.2) is 9.37 Å². The van der Waals surface area contributed by atoms with E-state index in [1.165, 1.54) is 12.3 Å². The second-order valence-corrected chi connectivity index (χ2v) is 4.08. The first-order valence-corrected chi connectivity index (χ1v) is 5.52. The number of carbonyl (C=O) groups is 1. The van der Waals surface area contributed by atoms with E-state index in [-0.39, 0.29) is 0 Å². The summed E-state index contributed by atoms with van der Waals surface area (Å²) in [5, 5.41) is 0. The fraction of sp³-hybridized carbons (Fsp3) is 0. The predicted octanol–water partition coefficient (Wildman–Crippen LogP) is 3.59. The van der Waals surface area contributed by atoms with Gasteiger partial charge in [-0.2, -0.15) is 0 Å². The molecule has 0 N–H and O–H groups in total. The summed E-state index contributed by atoms with van der Waals surface area (Å²) in [5.41, 5.74) is 0.458. The van der Waals surface area contributed by atoms with Crippen LogP contribution in [0.2, 0.25) is 0 Å². The van der Waals surface area contributed by atoms with Crippen molar-refractivity contribution in [2.24, 2.45) is 0 Å². The summed E-state index contributed by atoms with van der Waals surface area (Å²) < 4.78 is 18.9. The van der Waals surface area contributed by atoms with Crippen molar-refractivity contribution in [3.8, 4) is 11.6 Å². The maximum atomic E-state index is 13.2. The molecule has 0 atom stereocenters. The van der Waals surface area contributed by atoms with Crippen LogP contribution in [0.5, 0.6) is 11.6 Å². The molecule has 1 heterocycles. The van der Waals surface area contributed by atoms with E-state index in [9.17, 15) is 9.18 Å². The van der Waals surface area contributed by atoms with E-state index in [0.717, 1.165) is 0 Å². The van der Waals surface area contributed by atoms with Gasteiger partial charge in [0.05, 0.1) is 4.47 Å². The topological polar surface area (TPSA) is 39.2 Å². The number of pyridine rings is 1. The Morgan fingerprint density at radius 2 is 2.12 bits per heavy atom. The van der Waals surface area contributed by atoms with Crippen LogP contribution in [0, 0.1) is 5.82 Å². The van der Waals surface area contributed by atoms with Crippen molar-refractivity contribution >= 4 is 22.2 Å². The third-order valence-corrected chi connectivity index (χ3v) is 2.65. The lowest BCUT2D eigenvalue weighted by molar-refractivity contribution is 0.112. The molecule has 86 valence electrons. The molecular formula is C12H7BrFNO2. The van der Waals surface area contributed by atoms with Crippen molar-refractivity contribution in [3.05, 3.63) is 52.4 Å². The summed E-state index contributed by atoms with van der Waals surface area (Å²) in [4.78, 5) is 14.3. The molecule has 0 fully saturated rings. The minimum absolute atomic E-state index is 0.303. The fourth-order valence-electron chi connectivity index (χ4n) is 1.18. The van der Waals surface area contributed by atoms with E-state index in [1.807, 2.05) is 0 Å². The van der Waals surface area contributed by atoms with Crippen LogP contribution in [0.4, 0.5) is 4.39 Å². The molecule has 3 nitrogen and oxygen atoms in total. The van der Waals surface area contributed by atoms with E-state index in [0.29, 0.717) is 28.0 Å². The second-order valence-electron chi connectivity index (χ2n) is 3.23. The Labute approximate surface area is 105 Å². The lowest BCUT2D eigenvalue weighted by Crippen LogP contribution is -1.90. The highest BCUT2D eigenvalue weighted by Gasteiger charge is 2.03. The average molecular weight is 296 g/mol. The number of aldehydes is 1. The van der Waals surface area contributed by atoms with Gasteiger partial charge < -0.3 is 4.74 Å². The van der Waals surface area contributed by atoms with Crippen LogP contribution in [-0.4, -0.2) is 11.3 Å². The number of nitrogens with zero attached hydrogens (tertiary/aromatic N) is 1. The third-order valence-electron chi connectivity index (χ3n) is 2.01. The van der Waals surface area contributed by atoms with Gasteiger partial charge in [-0.05, 0) is 34.1 Å². The summed E-state index contributed by atoms with van der Waals surface area (Å²) in [6, 6.07) is 7.53. The smallest absolute Gasteiger partial charge is 0.219 e. The Balaban J connectivity index is 2.19. The highest BCUT2D eigenvalue weighted by molar-refractivity contribution is 9.10. The summed E-state index contributed by atoms with van der Waals surface area (Å²) in [6.07, 6.45) is 2.08. The van der Waals surface area contributed by atoms with Crippen LogP contribution in [-0.2, 0) is 0 Å². The van der Waals surface area contributed by atoms with E-state index in [1.54, 1.807) is 24.3 Å². The van der Waals surface area contributed by atoms with Gasteiger partial charge in [0.25, 0.3) is 0 Å². The van der Waals surface area contributed by atoms with Gasteiger partial charge >= 0.3 is 0 Å². The zero-order valence-corrected chi connectivity index (χ0v) is 10.1. The molecule has 17 heavy (non-hydrogen) atoms. The monoisotopic (exact) mass is 295 g/mol. The van der Waals surface area contributed by atoms with Gasteiger partial charge in [0, 0.05) is 23.9 Å². The number of halogens is 2. The molecule has 0 saturated carbocycles. The van der Waals surface area contributed by atoms with Gasteiger partial charge in [-0.15, -0.1) is 0 Å². The van der Waals surface area contributed by atoms with Crippen LogP contribution in [0.25, 0.3) is 0 Å². The van der Waals surface area contributed by atoms with Gasteiger partial charge in [-0.3, -0.25) is 4.79 Å². The van der Waals surface area contributed by atoms with Crippen LogP contribution < -0.4 is 4.74 Å². The van der Waals surface area contributed by atoms with Gasteiger partial charge in [-0.1, -0.05) is 0 Å². The number of hydrogen-bond donors (Lipinski definition) is 0. The highest BCUT2D eigenvalue weighted by Crippen LogP contribution is 2.24. The van der Waals surface area contributed by atoms with Crippen molar-refractivity contribution in [2.45, 2.75) is 0 Å². The standard InChI is InChI=1S/C12H7BrFNO2/c13-10-3-2-9(5-11(10)14)17-12-4-1-8(7-16)6-15-12/h1-7H. The van der Waals surface area contributed by atoms with Crippen molar-refractivity contribution in [1.29, 1.82) is 0 Å². The zero-order valence-electron chi connectivity index (χ0n) is 8.56. The molecule has 0 aliphatic rings. The van der Waals surface area contributed by atoms with E-state index < -0.39 is 5.82 Å². The molecule has 0 bridgehead atoms. The maximum absolute atomic E-state index is 13.2. The number of ether oxygens (including phenoxy) is 1. The number of hydrogen-bond acceptors (Lipinski definition) is 3. The minimum Gasteiger partial charge on any atom is -0.439 e. The molecule has 2 rings (SSSR count). The molecular weight excluding hydrogens is 289 g/mol. The van der Waals surface area contributed by atoms with Crippen molar-refractivity contribution < 1.29 is 13.9 Å². The average Bonchev–Trinajstić information content (AvgIpc) is 2.35. The van der Waals surface area contributed by atoms with Gasteiger partial charge in [0.15, 0.2) is 6.29 Å². The van der Waals surface area contributed by atoms with E-state index in [2.05, 4.69) is 20.9 Å². The molecule has 0 radical (unpaired) electrons. The number of benzene rings is 1. The zero-order chi connectivity index (χ0) is 12.3. The Morgan fingerprint density at radius 3 is 2.71 bits per heavy atom. The Kier molecular flexibility index (Phi) is 3.49. The molecule has 2 aromatic rings. The lowest BCUT2D eigenvalue weighted by Gasteiger charge is -2.05. The molecule has 0 saturated heterocycles. The van der Waals surface area contributed by atoms with E-state index in [4.69, 9.17) is 4.74 Å².